The van der Waals surface area contributed by atoms with E-state index in [0.29, 0.717) is 5.02 Å². The molecule has 0 aliphatic heterocycles. The molecular weight excluding hydrogens is 320 g/mol. The van der Waals surface area contributed by atoms with Gasteiger partial charge in [0.2, 0.25) is 11.8 Å². The molecule has 2 N–H and O–H groups in total. The summed E-state index contributed by atoms with van der Waals surface area (Å²) in [5.74, 6) is -0.806. The molecule has 7 nitrogen and oxygen atoms in total. The number of carbonyl (C=O) groups is 2. The van der Waals surface area contributed by atoms with E-state index in [1.807, 2.05) is 0 Å². The van der Waals surface area contributed by atoms with Crippen molar-refractivity contribution in [3.05, 3.63) is 41.7 Å². The van der Waals surface area contributed by atoms with Crippen molar-refractivity contribution in [1.82, 2.24) is 14.7 Å². The van der Waals surface area contributed by atoms with Gasteiger partial charge in [-0.25, -0.2) is 0 Å². The Balaban J connectivity index is 1.95. The largest absolute Gasteiger partial charge is 0.506 e. The van der Waals surface area contributed by atoms with E-state index >= 15 is 0 Å². The number of amides is 2. The molecule has 8 heteroatoms. The molecule has 0 aliphatic rings. The summed E-state index contributed by atoms with van der Waals surface area (Å²) in [6.07, 6.45) is 3.27. The summed E-state index contributed by atoms with van der Waals surface area (Å²) in [7, 11) is 1.53. The number of nitrogens with one attached hydrogen (secondary N) is 1. The molecule has 0 radical (unpaired) electrons. The third kappa shape index (κ3) is 4.23. The van der Waals surface area contributed by atoms with Gasteiger partial charge in [-0.05, 0) is 25.1 Å². The summed E-state index contributed by atoms with van der Waals surface area (Å²) in [4.78, 5) is 25.6. The van der Waals surface area contributed by atoms with Crippen LogP contribution in [0.5, 0.6) is 5.75 Å². The lowest BCUT2D eigenvalue weighted by molar-refractivity contribution is -0.136. The van der Waals surface area contributed by atoms with Crippen LogP contribution in [0, 0.1) is 0 Å². The van der Waals surface area contributed by atoms with Gasteiger partial charge in [-0.2, -0.15) is 5.10 Å². The van der Waals surface area contributed by atoms with Crippen molar-refractivity contribution in [2.24, 2.45) is 0 Å². The number of phenols is 1. The fourth-order valence-electron chi connectivity index (χ4n) is 2.04. The zero-order valence-corrected chi connectivity index (χ0v) is 13.5. The average Bonchev–Trinajstić information content (AvgIpc) is 3.02. The van der Waals surface area contributed by atoms with Crippen LogP contribution in [0.1, 0.15) is 13.0 Å². The van der Waals surface area contributed by atoms with E-state index in [-0.39, 0.29) is 23.9 Å². The SMILES string of the molecule is C[C@@H](C(=O)N(C)CC(=O)Nc1ccc(Cl)cc1O)n1cccn1. The molecule has 0 aliphatic carbocycles. The van der Waals surface area contributed by atoms with Crippen molar-refractivity contribution < 1.29 is 14.7 Å². The number of aromatic nitrogens is 2. The number of anilines is 1. The lowest BCUT2D eigenvalue weighted by Gasteiger charge is -2.21. The van der Waals surface area contributed by atoms with E-state index in [1.165, 1.54) is 28.8 Å². The first kappa shape index (κ1) is 16.8. The third-order valence-electron chi connectivity index (χ3n) is 3.27. The number of halogens is 1. The molecule has 1 heterocycles. The second kappa shape index (κ2) is 7.15. The molecule has 0 bridgehead atoms. The number of benzene rings is 1. The number of hydrogen-bond donors (Lipinski definition) is 2. The van der Waals surface area contributed by atoms with Crippen LogP contribution in [0.4, 0.5) is 5.69 Å². The first-order chi connectivity index (χ1) is 10.9. The van der Waals surface area contributed by atoms with Crippen molar-refractivity contribution in [3.63, 3.8) is 0 Å². The minimum atomic E-state index is -0.508. The number of carbonyl (C=O) groups excluding carboxylic acids is 2. The highest BCUT2D eigenvalue weighted by Crippen LogP contribution is 2.26. The van der Waals surface area contributed by atoms with Gasteiger partial charge in [0.05, 0.1) is 12.2 Å². The van der Waals surface area contributed by atoms with Crippen molar-refractivity contribution in [3.8, 4) is 5.75 Å². The molecule has 1 aromatic heterocycles. The molecule has 0 fully saturated rings. The molecule has 0 spiro atoms. The highest BCUT2D eigenvalue weighted by molar-refractivity contribution is 6.30. The van der Waals surface area contributed by atoms with Crippen LogP contribution >= 0.6 is 11.6 Å². The minimum absolute atomic E-state index is 0.135. The monoisotopic (exact) mass is 336 g/mol. The number of nitrogens with zero attached hydrogens (tertiary/aromatic N) is 3. The molecule has 1 aromatic carbocycles. The van der Waals surface area contributed by atoms with Gasteiger partial charge in [0.25, 0.3) is 0 Å². The van der Waals surface area contributed by atoms with Crippen LogP contribution in [0.15, 0.2) is 36.7 Å². The average molecular weight is 337 g/mol. The maximum Gasteiger partial charge on any atom is 0.247 e. The first-order valence-electron chi connectivity index (χ1n) is 6.91. The molecule has 1 atom stereocenters. The quantitative estimate of drug-likeness (QED) is 0.816. The van der Waals surface area contributed by atoms with Crippen molar-refractivity contribution in [2.75, 3.05) is 18.9 Å². The van der Waals surface area contributed by atoms with Gasteiger partial charge in [0, 0.05) is 30.5 Å². The van der Waals surface area contributed by atoms with E-state index < -0.39 is 11.9 Å². The molecule has 2 rings (SSSR count). The van der Waals surface area contributed by atoms with Crippen LogP contribution in [-0.4, -0.2) is 45.2 Å². The Morgan fingerprint density at radius 1 is 1.48 bits per heavy atom. The summed E-state index contributed by atoms with van der Waals surface area (Å²) in [6, 6.07) is 5.58. The van der Waals surface area contributed by atoms with Crippen molar-refractivity contribution in [2.45, 2.75) is 13.0 Å². The lowest BCUT2D eigenvalue weighted by Crippen LogP contribution is -2.38. The van der Waals surface area contributed by atoms with E-state index in [0.717, 1.165) is 0 Å². The molecular formula is C15H17ClN4O3. The zero-order valence-electron chi connectivity index (χ0n) is 12.7. The summed E-state index contributed by atoms with van der Waals surface area (Å²) in [5.41, 5.74) is 0.236. The van der Waals surface area contributed by atoms with E-state index in [4.69, 9.17) is 11.6 Å². The maximum absolute atomic E-state index is 12.3. The molecule has 23 heavy (non-hydrogen) atoms. The highest BCUT2D eigenvalue weighted by Gasteiger charge is 2.21. The molecule has 2 amide bonds. The molecule has 122 valence electrons. The second-order valence-corrected chi connectivity index (χ2v) is 5.50. The smallest absolute Gasteiger partial charge is 0.247 e. The van der Waals surface area contributed by atoms with Gasteiger partial charge in [-0.15, -0.1) is 0 Å². The van der Waals surface area contributed by atoms with Gasteiger partial charge in [0.15, 0.2) is 0 Å². The standard InChI is InChI=1S/C15H17ClN4O3/c1-10(20-7-3-6-17-20)15(23)19(2)9-14(22)18-12-5-4-11(16)8-13(12)21/h3-8,10,21H,9H2,1-2H3,(H,18,22)/t10-/m0/s1. The Labute approximate surface area is 138 Å². The Hall–Kier alpha value is -2.54. The second-order valence-electron chi connectivity index (χ2n) is 5.07. The van der Waals surface area contributed by atoms with E-state index in [9.17, 15) is 14.7 Å². The van der Waals surface area contributed by atoms with Crippen LogP contribution < -0.4 is 5.32 Å². The Morgan fingerprint density at radius 3 is 2.83 bits per heavy atom. The number of likely N-dealkylation sites (N-methyl/N-ethyl adjacent to an activating group) is 1. The summed E-state index contributed by atoms with van der Waals surface area (Å²) in [6.45, 7) is 1.56. The number of aromatic hydroxyl groups is 1. The van der Waals surface area contributed by atoms with Gasteiger partial charge in [-0.3, -0.25) is 14.3 Å². The molecule has 2 aromatic rings. The van der Waals surface area contributed by atoms with Gasteiger partial charge in [-0.1, -0.05) is 11.6 Å². The molecule has 0 saturated carbocycles. The number of rotatable bonds is 5. The maximum atomic E-state index is 12.3. The van der Waals surface area contributed by atoms with E-state index in [2.05, 4.69) is 10.4 Å². The fraction of sp³-hybridized carbons (Fsp3) is 0.267. The van der Waals surface area contributed by atoms with Gasteiger partial charge < -0.3 is 15.3 Å². The predicted octanol–water partition coefficient (Wildman–Crippen LogP) is 1.90. The van der Waals surface area contributed by atoms with Crippen LogP contribution in [0.25, 0.3) is 0 Å². The summed E-state index contributed by atoms with van der Waals surface area (Å²) < 4.78 is 1.52. The van der Waals surface area contributed by atoms with Gasteiger partial charge >= 0.3 is 0 Å². The molecule has 0 saturated heterocycles. The normalized spacial score (nSPS) is 11.8. The van der Waals surface area contributed by atoms with Crippen molar-refractivity contribution >= 4 is 29.1 Å². The van der Waals surface area contributed by atoms with Crippen molar-refractivity contribution in [1.29, 1.82) is 0 Å². The fourth-order valence-corrected chi connectivity index (χ4v) is 2.20. The lowest BCUT2D eigenvalue weighted by atomic mass is 10.2. The van der Waals surface area contributed by atoms with E-state index in [1.54, 1.807) is 31.5 Å². The predicted molar refractivity (Wildman–Crippen MR) is 86.3 cm³/mol. The molecule has 0 unspecified atom stereocenters. The van der Waals surface area contributed by atoms with Crippen LogP contribution in [-0.2, 0) is 9.59 Å². The summed E-state index contributed by atoms with van der Waals surface area (Å²) in [5, 5.41) is 16.6. The topological polar surface area (TPSA) is 87.5 Å². The minimum Gasteiger partial charge on any atom is -0.506 e. The first-order valence-corrected chi connectivity index (χ1v) is 7.28. The van der Waals surface area contributed by atoms with Crippen LogP contribution in [0.3, 0.4) is 0 Å². The number of phenolic OH excluding ortho intramolecular Hbond substituents is 1. The Kier molecular flexibility index (Phi) is 5.23. The number of hydrogen-bond acceptors (Lipinski definition) is 4. The summed E-state index contributed by atoms with van der Waals surface area (Å²) >= 11 is 5.73. The zero-order chi connectivity index (χ0) is 17.0. The van der Waals surface area contributed by atoms with Gasteiger partial charge in [0.1, 0.15) is 11.8 Å². The van der Waals surface area contributed by atoms with Crippen LogP contribution in [0.2, 0.25) is 5.02 Å². The third-order valence-corrected chi connectivity index (χ3v) is 3.51. The Bertz CT molecular complexity index is 703. The highest BCUT2D eigenvalue weighted by atomic mass is 35.5. The Morgan fingerprint density at radius 2 is 2.22 bits per heavy atom.